The molecule has 0 atom stereocenters. The molecule has 1 aromatic heterocycles. The van der Waals surface area contributed by atoms with Crippen LogP contribution < -0.4 is 9.64 Å². The Bertz CT molecular complexity index is 818. The third kappa shape index (κ3) is 3.10. The van der Waals surface area contributed by atoms with Crippen LogP contribution in [-0.2, 0) is 6.54 Å². The molecular formula is C20H23N3O. The number of methoxy groups -OCH3 is 1. The topological polar surface area (TPSA) is 31.5 Å². The highest BCUT2D eigenvalue weighted by Crippen LogP contribution is 2.23. The highest BCUT2D eigenvalue weighted by atomic mass is 16.5. The molecule has 0 unspecified atom stereocenters. The van der Waals surface area contributed by atoms with Crippen molar-refractivity contribution in [3.8, 4) is 5.75 Å². The predicted octanol–water partition coefficient (Wildman–Crippen LogP) is 3.50. The van der Waals surface area contributed by atoms with Crippen LogP contribution in [0, 0.1) is 0 Å². The molecule has 0 amide bonds. The van der Waals surface area contributed by atoms with Crippen LogP contribution in [0.3, 0.4) is 0 Å². The summed E-state index contributed by atoms with van der Waals surface area (Å²) < 4.78 is 5.33. The zero-order valence-electron chi connectivity index (χ0n) is 14.0. The molecule has 0 spiro atoms. The molecule has 4 heteroatoms. The van der Waals surface area contributed by atoms with Crippen LogP contribution in [0.5, 0.6) is 5.75 Å². The fourth-order valence-electron chi connectivity index (χ4n) is 3.43. The van der Waals surface area contributed by atoms with Crippen molar-refractivity contribution in [2.24, 2.45) is 0 Å². The van der Waals surface area contributed by atoms with Crippen molar-refractivity contribution in [2.45, 2.75) is 6.54 Å². The fourth-order valence-corrected chi connectivity index (χ4v) is 3.43. The molecule has 2 aromatic carbocycles. The second kappa shape index (κ2) is 6.57. The summed E-state index contributed by atoms with van der Waals surface area (Å²) in [6.45, 7) is 5.30. The van der Waals surface area contributed by atoms with E-state index in [9.17, 15) is 0 Å². The van der Waals surface area contributed by atoms with Gasteiger partial charge < -0.3 is 14.6 Å². The van der Waals surface area contributed by atoms with Gasteiger partial charge in [-0.2, -0.15) is 0 Å². The van der Waals surface area contributed by atoms with Gasteiger partial charge in [0.25, 0.3) is 0 Å². The van der Waals surface area contributed by atoms with Gasteiger partial charge in [0.1, 0.15) is 5.75 Å². The quantitative estimate of drug-likeness (QED) is 0.798. The normalized spacial score (nSPS) is 15.8. The molecule has 0 bridgehead atoms. The van der Waals surface area contributed by atoms with Crippen molar-refractivity contribution in [1.29, 1.82) is 0 Å². The Labute approximate surface area is 142 Å². The third-order valence-electron chi connectivity index (χ3n) is 4.81. The maximum absolute atomic E-state index is 5.33. The summed E-state index contributed by atoms with van der Waals surface area (Å²) in [5.41, 5.74) is 3.85. The Morgan fingerprint density at radius 3 is 2.71 bits per heavy atom. The summed E-state index contributed by atoms with van der Waals surface area (Å²) in [5.74, 6) is 0.926. The van der Waals surface area contributed by atoms with Crippen LogP contribution in [0.25, 0.3) is 10.9 Å². The van der Waals surface area contributed by atoms with Gasteiger partial charge in [0.2, 0.25) is 0 Å². The molecule has 1 saturated heterocycles. The van der Waals surface area contributed by atoms with E-state index in [1.54, 1.807) is 7.11 Å². The van der Waals surface area contributed by atoms with Crippen molar-refractivity contribution >= 4 is 16.6 Å². The molecule has 24 heavy (non-hydrogen) atoms. The summed E-state index contributed by atoms with van der Waals surface area (Å²) in [6, 6.07) is 17.2. The Kier molecular flexibility index (Phi) is 4.13. The van der Waals surface area contributed by atoms with Gasteiger partial charge in [-0.3, -0.25) is 4.90 Å². The first-order chi connectivity index (χ1) is 11.8. The van der Waals surface area contributed by atoms with Crippen LogP contribution >= 0.6 is 0 Å². The number of benzene rings is 2. The average Bonchev–Trinajstić information content (AvgIpc) is 3.10. The summed E-state index contributed by atoms with van der Waals surface area (Å²) in [6.07, 6.45) is 2.00. The monoisotopic (exact) mass is 321 g/mol. The van der Waals surface area contributed by atoms with Gasteiger partial charge in [0, 0.05) is 56.2 Å². The van der Waals surface area contributed by atoms with Crippen molar-refractivity contribution in [3.05, 3.63) is 60.3 Å². The van der Waals surface area contributed by atoms with E-state index >= 15 is 0 Å². The molecule has 4 rings (SSSR count). The number of nitrogens with one attached hydrogen (secondary N) is 1. The number of aromatic amines is 1. The molecular weight excluding hydrogens is 298 g/mol. The molecule has 124 valence electrons. The van der Waals surface area contributed by atoms with Crippen LogP contribution in [-0.4, -0.2) is 43.2 Å². The Morgan fingerprint density at radius 2 is 1.88 bits per heavy atom. The van der Waals surface area contributed by atoms with Gasteiger partial charge >= 0.3 is 0 Å². The van der Waals surface area contributed by atoms with E-state index < -0.39 is 0 Å². The second-order valence-corrected chi connectivity index (χ2v) is 6.36. The summed E-state index contributed by atoms with van der Waals surface area (Å²) in [5, 5.41) is 1.29. The molecule has 1 fully saturated rings. The van der Waals surface area contributed by atoms with Crippen molar-refractivity contribution in [1.82, 2.24) is 9.88 Å². The molecule has 0 aliphatic carbocycles. The third-order valence-corrected chi connectivity index (χ3v) is 4.81. The molecule has 1 aliphatic rings. The number of hydrogen-bond donors (Lipinski definition) is 1. The minimum absolute atomic E-state index is 0.926. The van der Waals surface area contributed by atoms with Gasteiger partial charge in [0.05, 0.1) is 7.11 Å². The molecule has 2 heterocycles. The van der Waals surface area contributed by atoms with E-state index in [2.05, 4.69) is 57.2 Å². The lowest BCUT2D eigenvalue weighted by Gasteiger charge is -2.36. The summed E-state index contributed by atoms with van der Waals surface area (Å²) >= 11 is 0. The highest BCUT2D eigenvalue weighted by molar-refractivity contribution is 5.79. The first-order valence-electron chi connectivity index (χ1n) is 8.49. The van der Waals surface area contributed by atoms with E-state index in [-0.39, 0.29) is 0 Å². The fraction of sp³-hybridized carbons (Fsp3) is 0.300. The molecule has 1 N–H and O–H groups in total. The Balaban J connectivity index is 1.38. The highest BCUT2D eigenvalue weighted by Gasteiger charge is 2.17. The van der Waals surface area contributed by atoms with Gasteiger partial charge in [-0.25, -0.2) is 0 Å². The van der Waals surface area contributed by atoms with E-state index in [1.807, 2.05) is 12.3 Å². The number of ether oxygens (including phenoxy) is 1. The van der Waals surface area contributed by atoms with Crippen molar-refractivity contribution in [2.75, 3.05) is 38.2 Å². The minimum atomic E-state index is 0.926. The maximum Gasteiger partial charge on any atom is 0.120 e. The lowest BCUT2D eigenvalue weighted by molar-refractivity contribution is 0.250. The minimum Gasteiger partial charge on any atom is -0.497 e. The predicted molar refractivity (Wildman–Crippen MR) is 98.8 cm³/mol. The van der Waals surface area contributed by atoms with Crippen LogP contribution in [0.1, 0.15) is 5.56 Å². The standard InChI is InChI=1S/C20H23N3O/c1-24-19-4-2-3-18(14-19)23-11-9-22(10-12-23)15-16-5-6-20-17(13-16)7-8-21-20/h2-8,13-14,21H,9-12,15H2,1H3. The molecule has 0 radical (unpaired) electrons. The summed E-state index contributed by atoms with van der Waals surface area (Å²) in [7, 11) is 1.72. The van der Waals surface area contributed by atoms with E-state index in [0.29, 0.717) is 0 Å². The number of rotatable bonds is 4. The number of anilines is 1. The van der Waals surface area contributed by atoms with E-state index in [4.69, 9.17) is 4.74 Å². The first kappa shape index (κ1) is 15.1. The zero-order valence-corrected chi connectivity index (χ0v) is 14.0. The Morgan fingerprint density at radius 1 is 1.00 bits per heavy atom. The van der Waals surface area contributed by atoms with E-state index in [0.717, 1.165) is 38.5 Å². The van der Waals surface area contributed by atoms with E-state index in [1.165, 1.54) is 22.2 Å². The van der Waals surface area contributed by atoms with Gasteiger partial charge in [-0.05, 0) is 41.3 Å². The Hall–Kier alpha value is -2.46. The molecule has 1 aliphatic heterocycles. The van der Waals surface area contributed by atoms with Gasteiger partial charge in [-0.1, -0.05) is 12.1 Å². The number of aromatic nitrogens is 1. The van der Waals surface area contributed by atoms with Crippen molar-refractivity contribution in [3.63, 3.8) is 0 Å². The number of H-pyrrole nitrogens is 1. The number of hydrogen-bond acceptors (Lipinski definition) is 3. The molecule has 4 nitrogen and oxygen atoms in total. The van der Waals surface area contributed by atoms with Crippen LogP contribution in [0.15, 0.2) is 54.7 Å². The smallest absolute Gasteiger partial charge is 0.120 e. The average molecular weight is 321 g/mol. The lowest BCUT2D eigenvalue weighted by atomic mass is 10.1. The molecule has 3 aromatic rings. The second-order valence-electron chi connectivity index (χ2n) is 6.36. The van der Waals surface area contributed by atoms with Crippen LogP contribution in [0.4, 0.5) is 5.69 Å². The van der Waals surface area contributed by atoms with Gasteiger partial charge in [-0.15, -0.1) is 0 Å². The number of nitrogens with zero attached hydrogens (tertiary/aromatic N) is 2. The van der Waals surface area contributed by atoms with Crippen molar-refractivity contribution < 1.29 is 4.74 Å². The first-order valence-corrected chi connectivity index (χ1v) is 8.49. The zero-order chi connectivity index (χ0) is 16.4. The maximum atomic E-state index is 5.33. The number of piperazine rings is 1. The largest absolute Gasteiger partial charge is 0.497 e. The van der Waals surface area contributed by atoms with Crippen LogP contribution in [0.2, 0.25) is 0 Å². The SMILES string of the molecule is COc1cccc(N2CCN(Cc3ccc4[nH]ccc4c3)CC2)c1. The van der Waals surface area contributed by atoms with Gasteiger partial charge in [0.15, 0.2) is 0 Å². The lowest BCUT2D eigenvalue weighted by Crippen LogP contribution is -2.45. The summed E-state index contributed by atoms with van der Waals surface area (Å²) in [4.78, 5) is 8.22. The molecule has 0 saturated carbocycles. The number of fused-ring (bicyclic) bond motifs is 1.